The summed E-state index contributed by atoms with van der Waals surface area (Å²) >= 11 is 2.80. The predicted octanol–water partition coefficient (Wildman–Crippen LogP) is 2.56. The quantitative estimate of drug-likeness (QED) is 0.602. The lowest BCUT2D eigenvalue weighted by Gasteiger charge is -2.24. The first-order valence-electron chi connectivity index (χ1n) is 9.16. The van der Waals surface area contributed by atoms with E-state index in [4.69, 9.17) is 4.74 Å². The van der Waals surface area contributed by atoms with E-state index in [9.17, 15) is 9.59 Å². The van der Waals surface area contributed by atoms with Crippen LogP contribution in [0.2, 0.25) is 0 Å². The number of esters is 1. The van der Waals surface area contributed by atoms with Gasteiger partial charge in [-0.1, -0.05) is 41.7 Å². The van der Waals surface area contributed by atoms with Gasteiger partial charge in [0, 0.05) is 0 Å². The molecule has 0 spiro atoms. The Hall–Kier alpha value is -2.84. The van der Waals surface area contributed by atoms with Gasteiger partial charge in [0.2, 0.25) is 0 Å². The third-order valence-corrected chi connectivity index (χ3v) is 6.54. The van der Waals surface area contributed by atoms with Crippen molar-refractivity contribution in [3.05, 3.63) is 82.9 Å². The molecule has 1 aliphatic rings. The SMILES string of the molecule is CCOC(=O)C1=C(C)N=c2s/c(=C/c3scnc3C)c(=O)n2[C@@H]1c1ccccc1. The Morgan fingerprint density at radius 2 is 2.03 bits per heavy atom. The Bertz CT molecular complexity index is 1280. The van der Waals surface area contributed by atoms with Crippen molar-refractivity contribution in [2.45, 2.75) is 26.8 Å². The monoisotopic (exact) mass is 425 g/mol. The molecule has 0 radical (unpaired) electrons. The lowest BCUT2D eigenvalue weighted by atomic mass is 9.96. The van der Waals surface area contributed by atoms with Gasteiger partial charge >= 0.3 is 5.97 Å². The third kappa shape index (κ3) is 3.49. The minimum Gasteiger partial charge on any atom is -0.463 e. The summed E-state index contributed by atoms with van der Waals surface area (Å²) < 4.78 is 7.45. The van der Waals surface area contributed by atoms with E-state index < -0.39 is 12.0 Å². The second-order valence-corrected chi connectivity index (χ2v) is 8.41. The van der Waals surface area contributed by atoms with Crippen LogP contribution in [0, 0.1) is 6.92 Å². The number of hydrogen-bond acceptors (Lipinski definition) is 7. The van der Waals surface area contributed by atoms with Gasteiger partial charge in [-0.2, -0.15) is 0 Å². The number of allylic oxidation sites excluding steroid dienone is 1. The van der Waals surface area contributed by atoms with Gasteiger partial charge in [-0.3, -0.25) is 9.36 Å². The van der Waals surface area contributed by atoms with Crippen LogP contribution in [0.3, 0.4) is 0 Å². The van der Waals surface area contributed by atoms with Crippen LogP contribution in [0.4, 0.5) is 0 Å². The maximum absolute atomic E-state index is 13.4. The Kier molecular flexibility index (Phi) is 5.29. The molecule has 8 heteroatoms. The molecule has 3 aromatic rings. The molecule has 6 nitrogen and oxygen atoms in total. The summed E-state index contributed by atoms with van der Waals surface area (Å²) in [6.45, 7) is 5.71. The van der Waals surface area contributed by atoms with Gasteiger partial charge in [0.05, 0.1) is 44.5 Å². The van der Waals surface area contributed by atoms with Crippen LogP contribution < -0.4 is 14.9 Å². The van der Waals surface area contributed by atoms with Crippen molar-refractivity contribution < 1.29 is 9.53 Å². The van der Waals surface area contributed by atoms with Crippen LogP contribution in [-0.2, 0) is 9.53 Å². The van der Waals surface area contributed by atoms with Crippen molar-refractivity contribution in [2.75, 3.05) is 6.61 Å². The van der Waals surface area contributed by atoms with Crippen molar-refractivity contribution in [2.24, 2.45) is 4.99 Å². The molecule has 148 valence electrons. The number of aryl methyl sites for hydroxylation is 1. The Balaban J connectivity index is 1.98. The van der Waals surface area contributed by atoms with Gasteiger partial charge in [-0.05, 0) is 32.4 Å². The third-order valence-electron chi connectivity index (χ3n) is 4.68. The standard InChI is InChI=1S/C21H19N3O3S2/c1-4-27-20(26)17-13(3)23-21-24(18(17)14-8-6-5-7-9-14)19(25)16(29-21)10-15-12(2)22-11-28-15/h5-11,18H,4H2,1-3H3/b16-10+/t18-/m1/s1. The van der Waals surface area contributed by atoms with Gasteiger partial charge < -0.3 is 4.74 Å². The maximum Gasteiger partial charge on any atom is 0.338 e. The van der Waals surface area contributed by atoms with Crippen molar-refractivity contribution in [1.29, 1.82) is 0 Å². The summed E-state index contributed by atoms with van der Waals surface area (Å²) in [5.41, 5.74) is 4.26. The zero-order valence-electron chi connectivity index (χ0n) is 16.2. The lowest BCUT2D eigenvalue weighted by molar-refractivity contribution is -0.139. The van der Waals surface area contributed by atoms with Gasteiger partial charge in [0.15, 0.2) is 4.80 Å². The maximum atomic E-state index is 13.4. The normalized spacial score (nSPS) is 16.5. The molecule has 0 amide bonds. The van der Waals surface area contributed by atoms with Gasteiger partial charge in [0.25, 0.3) is 5.56 Å². The van der Waals surface area contributed by atoms with Crippen LogP contribution in [0.15, 0.2) is 56.9 Å². The molecule has 0 fully saturated rings. The topological polar surface area (TPSA) is 73.6 Å². The van der Waals surface area contributed by atoms with Gasteiger partial charge in [-0.25, -0.2) is 14.8 Å². The van der Waals surface area contributed by atoms with Crippen molar-refractivity contribution in [3.8, 4) is 0 Å². The first-order chi connectivity index (χ1) is 14.0. The van der Waals surface area contributed by atoms with E-state index >= 15 is 0 Å². The number of ether oxygens (including phenoxy) is 1. The zero-order chi connectivity index (χ0) is 20.5. The van der Waals surface area contributed by atoms with E-state index in [2.05, 4.69) is 9.98 Å². The van der Waals surface area contributed by atoms with E-state index in [0.29, 0.717) is 20.6 Å². The average molecular weight is 426 g/mol. The number of aromatic nitrogens is 2. The number of carbonyl (C=O) groups excluding carboxylic acids is 1. The zero-order valence-corrected chi connectivity index (χ0v) is 17.8. The smallest absolute Gasteiger partial charge is 0.338 e. The number of carbonyl (C=O) groups is 1. The number of hydrogen-bond donors (Lipinski definition) is 0. The fourth-order valence-electron chi connectivity index (χ4n) is 3.31. The van der Waals surface area contributed by atoms with Crippen LogP contribution in [0.5, 0.6) is 0 Å². The fraction of sp³-hybridized carbons (Fsp3) is 0.238. The summed E-state index contributed by atoms with van der Waals surface area (Å²) in [5.74, 6) is -0.449. The summed E-state index contributed by atoms with van der Waals surface area (Å²) in [5, 5.41) is 0. The van der Waals surface area contributed by atoms with Crippen molar-refractivity contribution in [3.63, 3.8) is 0 Å². The summed E-state index contributed by atoms with van der Waals surface area (Å²) in [6.07, 6.45) is 1.85. The van der Waals surface area contributed by atoms with Crippen LogP contribution >= 0.6 is 22.7 Å². The Morgan fingerprint density at radius 1 is 1.28 bits per heavy atom. The highest BCUT2D eigenvalue weighted by Crippen LogP contribution is 2.30. The minimum absolute atomic E-state index is 0.176. The second-order valence-electron chi connectivity index (χ2n) is 6.51. The minimum atomic E-state index is -0.573. The number of fused-ring (bicyclic) bond motifs is 1. The second kappa shape index (κ2) is 7.88. The molecule has 0 N–H and O–H groups in total. The average Bonchev–Trinajstić information content (AvgIpc) is 3.25. The van der Waals surface area contributed by atoms with Crippen LogP contribution in [0.1, 0.15) is 36.0 Å². The first-order valence-corrected chi connectivity index (χ1v) is 10.9. The Morgan fingerprint density at radius 3 is 2.69 bits per heavy atom. The molecule has 2 aromatic heterocycles. The number of rotatable bonds is 4. The van der Waals surface area contributed by atoms with Gasteiger partial charge in [0.1, 0.15) is 0 Å². The molecular formula is C21H19N3O3S2. The number of thiazole rings is 2. The van der Waals surface area contributed by atoms with Crippen LogP contribution in [-0.4, -0.2) is 22.1 Å². The molecule has 4 rings (SSSR count). The van der Waals surface area contributed by atoms with Crippen molar-refractivity contribution in [1.82, 2.24) is 9.55 Å². The highest BCUT2D eigenvalue weighted by Gasteiger charge is 2.33. The molecule has 0 aliphatic carbocycles. The molecule has 0 bridgehead atoms. The van der Waals surface area contributed by atoms with E-state index in [-0.39, 0.29) is 12.2 Å². The van der Waals surface area contributed by atoms with Crippen LogP contribution in [0.25, 0.3) is 6.08 Å². The summed E-state index contributed by atoms with van der Waals surface area (Å²) in [4.78, 5) is 36.4. The van der Waals surface area contributed by atoms with E-state index in [1.165, 1.54) is 22.7 Å². The van der Waals surface area contributed by atoms with E-state index in [1.54, 1.807) is 23.9 Å². The lowest BCUT2D eigenvalue weighted by Crippen LogP contribution is -2.39. The fourth-order valence-corrected chi connectivity index (χ4v) is 5.15. The molecule has 3 heterocycles. The highest BCUT2D eigenvalue weighted by atomic mass is 32.1. The summed E-state index contributed by atoms with van der Waals surface area (Å²) in [7, 11) is 0. The molecule has 1 aromatic carbocycles. The molecule has 1 atom stereocenters. The molecule has 29 heavy (non-hydrogen) atoms. The molecule has 0 unspecified atom stereocenters. The largest absolute Gasteiger partial charge is 0.463 e. The Labute approximate surface area is 175 Å². The molecule has 1 aliphatic heterocycles. The molecule has 0 saturated carbocycles. The predicted molar refractivity (Wildman–Crippen MR) is 114 cm³/mol. The first kappa shape index (κ1) is 19.5. The summed E-state index contributed by atoms with van der Waals surface area (Å²) in [6, 6.07) is 8.94. The number of benzene rings is 1. The van der Waals surface area contributed by atoms with Crippen molar-refractivity contribution >= 4 is 34.7 Å². The molecular weight excluding hydrogens is 406 g/mol. The van der Waals surface area contributed by atoms with Gasteiger partial charge in [-0.15, -0.1) is 11.3 Å². The van der Waals surface area contributed by atoms with E-state index in [0.717, 1.165) is 16.1 Å². The molecule has 0 saturated heterocycles. The highest BCUT2D eigenvalue weighted by molar-refractivity contribution is 7.11. The number of nitrogens with zero attached hydrogens (tertiary/aromatic N) is 3. The van der Waals surface area contributed by atoms with E-state index in [1.807, 2.05) is 43.3 Å².